The molecule has 2 heterocycles. The Morgan fingerprint density at radius 2 is 1.61 bits per heavy atom. The highest BCUT2D eigenvalue weighted by molar-refractivity contribution is 5.90. The van der Waals surface area contributed by atoms with Crippen molar-refractivity contribution in [3.05, 3.63) is 59.7 Å². The molecule has 0 bridgehead atoms. The van der Waals surface area contributed by atoms with Gasteiger partial charge in [-0.25, -0.2) is 18.4 Å². The maximum absolute atomic E-state index is 14.7. The number of hydrogen-bond donors (Lipinski definition) is 1. The highest BCUT2D eigenvalue weighted by atomic mass is 19.1. The van der Waals surface area contributed by atoms with Crippen molar-refractivity contribution in [3.63, 3.8) is 0 Å². The number of carbonyl (C=O) groups is 4. The SMILES string of the molecule is C=C1C[C@@]2(O)C3CC[C@]4(C)C(CC[C@@]5(C(C)OC(=O)c6c(F)cccc6F)COCC=C[C@H]54)[C@@]3(C)[C@H](OC(C)=O)[C@H](OC(C)=O)[C@@]2(C)[C@]2(C(=O)OC)O[C@H]12. The zero-order chi connectivity index (χ0) is 39.4. The predicted molar refractivity (Wildman–Crippen MR) is 186 cm³/mol. The third-order valence-electron chi connectivity index (χ3n) is 14.9. The summed E-state index contributed by atoms with van der Waals surface area (Å²) in [4.78, 5) is 53.4. The normalized spacial score (nSPS) is 43.7. The number of epoxide rings is 1. The third-order valence-corrected chi connectivity index (χ3v) is 14.9. The lowest BCUT2D eigenvalue weighted by molar-refractivity contribution is -0.336. The summed E-state index contributed by atoms with van der Waals surface area (Å²) >= 11 is 0. The van der Waals surface area contributed by atoms with Gasteiger partial charge in [0.15, 0.2) is 6.10 Å². The molecule has 0 aromatic heterocycles. The third kappa shape index (κ3) is 4.85. The molecule has 6 aliphatic rings. The van der Waals surface area contributed by atoms with E-state index in [1.54, 1.807) is 13.8 Å². The second kappa shape index (κ2) is 12.7. The Labute approximate surface area is 313 Å². The number of carbonyl (C=O) groups excluding carboxylic acids is 4. The summed E-state index contributed by atoms with van der Waals surface area (Å²) in [7, 11) is 1.22. The topological polar surface area (TPSA) is 147 Å². The summed E-state index contributed by atoms with van der Waals surface area (Å²) in [5.74, 6) is -6.51. The van der Waals surface area contributed by atoms with Crippen LogP contribution in [0.3, 0.4) is 0 Å². The van der Waals surface area contributed by atoms with Crippen LogP contribution in [0.4, 0.5) is 8.78 Å². The first kappa shape index (κ1) is 38.6. The van der Waals surface area contributed by atoms with Crippen LogP contribution in [0.5, 0.6) is 0 Å². The predicted octanol–water partition coefficient (Wildman–Crippen LogP) is 5.42. The number of ether oxygens (including phenoxy) is 6. The van der Waals surface area contributed by atoms with Crippen LogP contribution in [0, 0.1) is 51.0 Å². The maximum atomic E-state index is 14.7. The van der Waals surface area contributed by atoms with Gasteiger partial charge in [-0.05, 0) is 80.4 Å². The van der Waals surface area contributed by atoms with Crippen molar-refractivity contribution in [2.24, 2.45) is 39.4 Å². The molecule has 2 aliphatic heterocycles. The fourth-order valence-corrected chi connectivity index (χ4v) is 12.6. The highest BCUT2D eigenvalue weighted by Crippen LogP contribution is 2.78. The molecule has 0 amide bonds. The van der Waals surface area contributed by atoms with Gasteiger partial charge in [0.1, 0.15) is 35.5 Å². The molecule has 13 atom stereocenters. The number of allylic oxidation sites excluding steroid dienone is 1. The van der Waals surface area contributed by atoms with E-state index < -0.39 is 104 Å². The van der Waals surface area contributed by atoms with Crippen LogP contribution in [0.15, 0.2) is 42.5 Å². The fraction of sp³-hybridized carbons (Fsp3) is 0.659. The lowest BCUT2D eigenvalue weighted by atomic mass is 9.32. The lowest BCUT2D eigenvalue weighted by Gasteiger charge is -2.73. The number of aliphatic hydroxyl groups is 1. The molecule has 11 nitrogen and oxygen atoms in total. The summed E-state index contributed by atoms with van der Waals surface area (Å²) < 4.78 is 65.5. The van der Waals surface area contributed by atoms with E-state index in [0.717, 1.165) is 12.1 Å². The molecule has 0 radical (unpaired) electrons. The van der Waals surface area contributed by atoms with E-state index in [4.69, 9.17) is 28.4 Å². The number of fused-ring (bicyclic) bond motifs is 9. The second-order valence-electron chi connectivity index (χ2n) is 17.1. The van der Waals surface area contributed by atoms with Crippen LogP contribution in [0.1, 0.15) is 84.0 Å². The van der Waals surface area contributed by atoms with Crippen molar-refractivity contribution in [2.45, 2.75) is 109 Å². The number of esters is 4. The lowest BCUT2D eigenvalue weighted by Crippen LogP contribution is -2.82. The molecule has 1 aromatic carbocycles. The Hall–Kier alpha value is -3.68. The first-order valence-corrected chi connectivity index (χ1v) is 18.7. The zero-order valence-electron chi connectivity index (χ0n) is 31.9. The number of benzene rings is 1. The van der Waals surface area contributed by atoms with Crippen molar-refractivity contribution in [1.29, 1.82) is 0 Å². The van der Waals surface area contributed by atoms with Crippen molar-refractivity contribution in [2.75, 3.05) is 20.3 Å². The first-order chi connectivity index (χ1) is 25.3. The molecule has 1 N–H and O–H groups in total. The quantitative estimate of drug-likeness (QED) is 0.172. The molecule has 294 valence electrons. The van der Waals surface area contributed by atoms with E-state index in [0.29, 0.717) is 37.9 Å². The van der Waals surface area contributed by atoms with Crippen molar-refractivity contribution >= 4 is 23.9 Å². The molecule has 1 aromatic rings. The van der Waals surface area contributed by atoms with Gasteiger partial charge in [-0.1, -0.05) is 38.6 Å². The average Bonchev–Trinajstić information content (AvgIpc) is 3.90. The van der Waals surface area contributed by atoms with Gasteiger partial charge in [-0.2, -0.15) is 0 Å². The molecule has 54 heavy (non-hydrogen) atoms. The molecular formula is C41H50F2O11. The molecule has 3 unspecified atom stereocenters. The molecule has 7 rings (SSSR count). The fourth-order valence-electron chi connectivity index (χ4n) is 12.6. The standard InChI is InChI=1S/C41H50F2O11/c1-21-19-40(48)29-14-16-36(5)27(15-17-39(20-50-18-10-13-28(36)39)22(2)51-34(46)30-25(42)11-9-12-26(30)43)37(29,6)32(52-23(3)44)33(53-24(4)45)38(40,7)41(31(21)54-41)35(47)49-8/h9-13,22,27-29,31-33,48H,1,14-20H2,2-8H3/t22?,27?,28-,29?,31+,32+,33-,36+,37+,38+,39-,40+,41-/m0/s1. The summed E-state index contributed by atoms with van der Waals surface area (Å²) in [5, 5.41) is 13.4. The van der Waals surface area contributed by atoms with E-state index in [-0.39, 0.29) is 24.9 Å². The second-order valence-corrected chi connectivity index (χ2v) is 17.1. The number of hydrogen-bond acceptors (Lipinski definition) is 11. The highest BCUT2D eigenvalue weighted by Gasteiger charge is 2.90. The van der Waals surface area contributed by atoms with Gasteiger partial charge >= 0.3 is 23.9 Å². The van der Waals surface area contributed by atoms with E-state index in [2.05, 4.69) is 19.6 Å². The molecule has 1 saturated heterocycles. The summed E-state index contributed by atoms with van der Waals surface area (Å²) in [6.45, 7) is 14.7. The van der Waals surface area contributed by atoms with Crippen molar-refractivity contribution < 1.29 is 61.5 Å². The Bertz CT molecular complexity index is 1810. The van der Waals surface area contributed by atoms with Crippen molar-refractivity contribution in [3.8, 4) is 0 Å². The molecule has 5 fully saturated rings. The Morgan fingerprint density at radius 3 is 2.24 bits per heavy atom. The van der Waals surface area contributed by atoms with E-state index in [1.807, 2.05) is 13.0 Å². The smallest absolute Gasteiger partial charge is 0.344 e. The van der Waals surface area contributed by atoms with Gasteiger partial charge in [0, 0.05) is 31.1 Å². The number of rotatable bonds is 6. The summed E-state index contributed by atoms with van der Waals surface area (Å²) in [5.41, 5.74) is -7.95. The molecule has 4 aliphatic carbocycles. The van der Waals surface area contributed by atoms with E-state index in [9.17, 15) is 33.1 Å². The minimum atomic E-state index is -1.76. The van der Waals surface area contributed by atoms with Gasteiger partial charge < -0.3 is 33.5 Å². The molecular weight excluding hydrogens is 706 g/mol. The van der Waals surface area contributed by atoms with Crippen LogP contribution in [-0.4, -0.2) is 84.9 Å². The monoisotopic (exact) mass is 756 g/mol. The van der Waals surface area contributed by atoms with Gasteiger partial charge in [0.05, 0.1) is 31.3 Å². The summed E-state index contributed by atoms with van der Waals surface area (Å²) in [6, 6.07) is 3.19. The molecule has 0 spiro atoms. The Balaban J connectivity index is 1.36. The Morgan fingerprint density at radius 1 is 0.981 bits per heavy atom. The van der Waals surface area contributed by atoms with Gasteiger partial charge in [0.25, 0.3) is 0 Å². The van der Waals surface area contributed by atoms with Crippen LogP contribution < -0.4 is 0 Å². The minimum Gasteiger partial charge on any atom is -0.467 e. The van der Waals surface area contributed by atoms with E-state index >= 15 is 0 Å². The first-order valence-electron chi connectivity index (χ1n) is 18.7. The maximum Gasteiger partial charge on any atom is 0.344 e. The number of halogens is 2. The van der Waals surface area contributed by atoms with Gasteiger partial charge in [-0.3, -0.25) is 9.59 Å². The summed E-state index contributed by atoms with van der Waals surface area (Å²) in [6.07, 6.45) is 1.70. The largest absolute Gasteiger partial charge is 0.467 e. The number of methoxy groups -OCH3 is 1. The van der Waals surface area contributed by atoms with Crippen LogP contribution in [0.25, 0.3) is 0 Å². The molecule has 4 saturated carbocycles. The van der Waals surface area contributed by atoms with E-state index in [1.165, 1.54) is 27.0 Å². The average molecular weight is 757 g/mol. The van der Waals surface area contributed by atoms with Crippen LogP contribution in [-0.2, 0) is 42.8 Å². The van der Waals surface area contributed by atoms with Crippen molar-refractivity contribution in [1.82, 2.24) is 0 Å². The van der Waals surface area contributed by atoms with Crippen LogP contribution >= 0.6 is 0 Å². The van der Waals surface area contributed by atoms with Crippen LogP contribution in [0.2, 0.25) is 0 Å². The zero-order valence-corrected chi connectivity index (χ0v) is 31.9. The van der Waals surface area contributed by atoms with Gasteiger partial charge in [0.2, 0.25) is 5.60 Å². The Kier molecular flexibility index (Phi) is 9.06. The minimum absolute atomic E-state index is 0.0435. The molecule has 13 heteroatoms. The van der Waals surface area contributed by atoms with Gasteiger partial charge in [-0.15, -0.1) is 0 Å².